The van der Waals surface area contributed by atoms with Crippen LogP contribution in [0.5, 0.6) is 0 Å². The van der Waals surface area contributed by atoms with Gasteiger partial charge in [-0.15, -0.1) is 0 Å². The van der Waals surface area contributed by atoms with Crippen LogP contribution in [0, 0.1) is 0 Å². The lowest BCUT2D eigenvalue weighted by molar-refractivity contribution is -0.0846. The van der Waals surface area contributed by atoms with Crippen LogP contribution in [0.15, 0.2) is 0 Å². The highest BCUT2D eigenvalue weighted by Crippen LogP contribution is 2.21. The second kappa shape index (κ2) is 7.02. The van der Waals surface area contributed by atoms with Gasteiger partial charge in [-0.1, -0.05) is 19.3 Å². The zero-order valence-corrected chi connectivity index (χ0v) is 12.4. The van der Waals surface area contributed by atoms with Gasteiger partial charge in [0.2, 0.25) is 0 Å². The minimum atomic E-state index is -0.390. The molecule has 1 unspecified atom stereocenters. The fourth-order valence-corrected chi connectivity index (χ4v) is 3.02. The standard InChI is InChI=1S/C15H29NO3/c1-15(2)12-18-9-8-16(15)10-13(17)11-19-14-6-4-3-5-7-14/h13-14,17H,3-12H2,1-2H3. The first-order chi connectivity index (χ1) is 9.08. The molecule has 1 saturated heterocycles. The Kier molecular flexibility index (Phi) is 5.63. The molecular weight excluding hydrogens is 242 g/mol. The number of aliphatic hydroxyl groups is 1. The van der Waals surface area contributed by atoms with Crippen molar-refractivity contribution >= 4 is 0 Å². The van der Waals surface area contributed by atoms with Gasteiger partial charge in [0.05, 0.1) is 32.0 Å². The Bertz CT molecular complexity index is 264. The van der Waals surface area contributed by atoms with Gasteiger partial charge in [-0.25, -0.2) is 0 Å². The maximum atomic E-state index is 10.2. The molecule has 0 aromatic rings. The van der Waals surface area contributed by atoms with E-state index in [2.05, 4.69) is 18.7 Å². The molecule has 0 bridgehead atoms. The van der Waals surface area contributed by atoms with Crippen LogP contribution in [0.25, 0.3) is 0 Å². The van der Waals surface area contributed by atoms with Gasteiger partial charge in [-0.3, -0.25) is 4.90 Å². The summed E-state index contributed by atoms with van der Waals surface area (Å²) in [5, 5.41) is 10.2. The van der Waals surface area contributed by atoms with Crippen molar-refractivity contribution in [3.63, 3.8) is 0 Å². The minimum absolute atomic E-state index is 0.0179. The van der Waals surface area contributed by atoms with Crippen molar-refractivity contribution in [1.29, 1.82) is 0 Å². The molecule has 1 aliphatic carbocycles. The Morgan fingerprint density at radius 1 is 1.32 bits per heavy atom. The van der Waals surface area contributed by atoms with Crippen molar-refractivity contribution in [1.82, 2.24) is 4.90 Å². The molecule has 1 N–H and O–H groups in total. The van der Waals surface area contributed by atoms with Crippen molar-refractivity contribution in [3.05, 3.63) is 0 Å². The number of hydrogen-bond acceptors (Lipinski definition) is 4. The average Bonchev–Trinajstić information content (AvgIpc) is 2.40. The van der Waals surface area contributed by atoms with Crippen molar-refractivity contribution in [3.8, 4) is 0 Å². The van der Waals surface area contributed by atoms with Gasteiger partial charge in [0.1, 0.15) is 0 Å². The van der Waals surface area contributed by atoms with E-state index >= 15 is 0 Å². The first-order valence-corrected chi connectivity index (χ1v) is 7.70. The van der Waals surface area contributed by atoms with Gasteiger partial charge < -0.3 is 14.6 Å². The Morgan fingerprint density at radius 2 is 2.05 bits per heavy atom. The van der Waals surface area contributed by atoms with Crippen LogP contribution < -0.4 is 0 Å². The molecule has 1 heterocycles. The first-order valence-electron chi connectivity index (χ1n) is 7.70. The maximum absolute atomic E-state index is 10.2. The van der Waals surface area contributed by atoms with Gasteiger partial charge in [0, 0.05) is 18.6 Å². The zero-order chi connectivity index (χ0) is 13.7. The summed E-state index contributed by atoms with van der Waals surface area (Å²) < 4.78 is 11.3. The smallest absolute Gasteiger partial charge is 0.0900 e. The first kappa shape index (κ1) is 15.2. The molecule has 0 aromatic carbocycles. The highest BCUT2D eigenvalue weighted by Gasteiger charge is 2.31. The van der Waals surface area contributed by atoms with E-state index in [1.807, 2.05) is 0 Å². The quantitative estimate of drug-likeness (QED) is 0.828. The summed E-state index contributed by atoms with van der Waals surface area (Å²) in [6.45, 7) is 7.89. The van der Waals surface area contributed by atoms with Crippen molar-refractivity contribution in [2.75, 3.05) is 32.9 Å². The van der Waals surface area contributed by atoms with Crippen molar-refractivity contribution in [2.45, 2.75) is 63.7 Å². The zero-order valence-electron chi connectivity index (χ0n) is 12.4. The molecule has 2 aliphatic rings. The topological polar surface area (TPSA) is 41.9 Å². The number of ether oxygens (including phenoxy) is 2. The van der Waals surface area contributed by atoms with E-state index in [1.165, 1.54) is 19.3 Å². The third-order valence-electron chi connectivity index (χ3n) is 4.32. The number of aliphatic hydroxyl groups excluding tert-OH is 1. The predicted molar refractivity (Wildman–Crippen MR) is 75.3 cm³/mol. The SMILES string of the molecule is CC1(C)COCCN1CC(O)COC1CCCCC1. The predicted octanol–water partition coefficient (Wildman–Crippen LogP) is 1.81. The van der Waals surface area contributed by atoms with Crippen LogP contribution in [-0.4, -0.2) is 60.7 Å². The number of hydrogen-bond donors (Lipinski definition) is 1. The largest absolute Gasteiger partial charge is 0.389 e. The lowest BCUT2D eigenvalue weighted by Crippen LogP contribution is -2.55. The summed E-state index contributed by atoms with van der Waals surface area (Å²) in [5.41, 5.74) is 0.0179. The number of morpholine rings is 1. The molecule has 4 nitrogen and oxygen atoms in total. The minimum Gasteiger partial charge on any atom is -0.389 e. The van der Waals surface area contributed by atoms with Gasteiger partial charge >= 0.3 is 0 Å². The third kappa shape index (κ3) is 4.71. The Balaban J connectivity index is 1.69. The molecule has 112 valence electrons. The second-order valence-electron chi connectivity index (χ2n) is 6.56. The summed E-state index contributed by atoms with van der Waals surface area (Å²) in [6, 6.07) is 0. The van der Waals surface area contributed by atoms with Crippen LogP contribution in [-0.2, 0) is 9.47 Å². The lowest BCUT2D eigenvalue weighted by Gasteiger charge is -2.43. The van der Waals surface area contributed by atoms with E-state index in [0.29, 0.717) is 19.3 Å². The summed E-state index contributed by atoms with van der Waals surface area (Å²) in [6.07, 6.45) is 6.20. The fourth-order valence-electron chi connectivity index (χ4n) is 3.02. The summed E-state index contributed by atoms with van der Waals surface area (Å²) in [4.78, 5) is 2.31. The molecule has 2 rings (SSSR count). The van der Waals surface area contributed by atoms with E-state index in [0.717, 1.165) is 32.6 Å². The number of β-amino-alcohol motifs (C(OH)–C–C–N with tert-alkyl or cyclic N) is 1. The summed E-state index contributed by atoms with van der Waals surface area (Å²) in [7, 11) is 0. The maximum Gasteiger partial charge on any atom is 0.0900 e. The van der Waals surface area contributed by atoms with Gasteiger partial charge in [0.25, 0.3) is 0 Å². The van der Waals surface area contributed by atoms with Crippen LogP contribution in [0.4, 0.5) is 0 Å². The van der Waals surface area contributed by atoms with E-state index in [4.69, 9.17) is 9.47 Å². The van der Waals surface area contributed by atoms with Crippen molar-refractivity contribution in [2.24, 2.45) is 0 Å². The highest BCUT2D eigenvalue weighted by atomic mass is 16.5. The molecule has 4 heteroatoms. The normalized spacial score (nSPS) is 27.3. The van der Waals surface area contributed by atoms with Gasteiger partial charge in [-0.05, 0) is 26.7 Å². The Hall–Kier alpha value is -0.160. The summed E-state index contributed by atoms with van der Waals surface area (Å²) in [5.74, 6) is 0. The molecular formula is C15H29NO3. The van der Waals surface area contributed by atoms with E-state index in [1.54, 1.807) is 0 Å². The molecule has 1 aliphatic heterocycles. The lowest BCUT2D eigenvalue weighted by atomic mass is 9.98. The Morgan fingerprint density at radius 3 is 2.74 bits per heavy atom. The second-order valence-corrected chi connectivity index (χ2v) is 6.56. The molecule has 1 saturated carbocycles. The Labute approximate surface area is 117 Å². The number of rotatable bonds is 5. The monoisotopic (exact) mass is 271 g/mol. The molecule has 19 heavy (non-hydrogen) atoms. The van der Waals surface area contributed by atoms with E-state index < -0.39 is 0 Å². The average molecular weight is 271 g/mol. The van der Waals surface area contributed by atoms with Crippen LogP contribution >= 0.6 is 0 Å². The molecule has 1 atom stereocenters. The molecule has 0 amide bonds. The summed E-state index contributed by atoms with van der Waals surface area (Å²) >= 11 is 0. The van der Waals surface area contributed by atoms with Gasteiger partial charge in [-0.2, -0.15) is 0 Å². The molecule has 0 aromatic heterocycles. The van der Waals surface area contributed by atoms with Crippen molar-refractivity contribution < 1.29 is 14.6 Å². The molecule has 0 spiro atoms. The van der Waals surface area contributed by atoms with E-state index in [-0.39, 0.29) is 11.6 Å². The van der Waals surface area contributed by atoms with Crippen LogP contribution in [0.3, 0.4) is 0 Å². The van der Waals surface area contributed by atoms with E-state index in [9.17, 15) is 5.11 Å². The van der Waals surface area contributed by atoms with Crippen LogP contribution in [0.1, 0.15) is 46.0 Å². The molecule has 2 fully saturated rings. The molecule has 0 radical (unpaired) electrons. The highest BCUT2D eigenvalue weighted by molar-refractivity contribution is 4.85. The number of nitrogens with zero attached hydrogens (tertiary/aromatic N) is 1. The third-order valence-corrected chi connectivity index (χ3v) is 4.32. The van der Waals surface area contributed by atoms with Crippen LogP contribution in [0.2, 0.25) is 0 Å². The fraction of sp³-hybridized carbons (Fsp3) is 1.00. The van der Waals surface area contributed by atoms with Gasteiger partial charge in [0.15, 0.2) is 0 Å².